The molecule has 0 spiro atoms. The fourth-order valence-electron chi connectivity index (χ4n) is 4.30. The van der Waals surface area contributed by atoms with Crippen molar-refractivity contribution in [2.45, 2.75) is 31.6 Å². The van der Waals surface area contributed by atoms with Gasteiger partial charge in [-0.05, 0) is 43.9 Å². The Morgan fingerprint density at radius 1 is 1.03 bits per heavy atom. The van der Waals surface area contributed by atoms with Crippen LogP contribution in [0.1, 0.15) is 25.5 Å². The van der Waals surface area contributed by atoms with Gasteiger partial charge in [0.25, 0.3) is 0 Å². The van der Waals surface area contributed by atoms with Crippen LogP contribution in [0, 0.1) is 12.8 Å². The van der Waals surface area contributed by atoms with E-state index >= 15 is 0 Å². The van der Waals surface area contributed by atoms with Crippen molar-refractivity contribution in [2.75, 3.05) is 20.2 Å². The number of aromatic nitrogens is 4. The van der Waals surface area contributed by atoms with Crippen molar-refractivity contribution in [2.24, 2.45) is 5.92 Å². The van der Waals surface area contributed by atoms with Crippen molar-refractivity contribution in [3.63, 3.8) is 0 Å². The first-order chi connectivity index (χ1) is 15.4. The summed E-state index contributed by atoms with van der Waals surface area (Å²) in [7, 11) is -2.23. The molecule has 0 saturated carbocycles. The lowest BCUT2D eigenvalue weighted by atomic mass is 10.0. The van der Waals surface area contributed by atoms with E-state index in [2.05, 4.69) is 22.2 Å². The van der Waals surface area contributed by atoms with Gasteiger partial charge >= 0.3 is 0 Å². The number of fused-ring (bicyclic) bond motifs is 3. The number of piperidine rings is 1. The predicted octanol–water partition coefficient (Wildman–Crippen LogP) is 3.68. The molecule has 2 aromatic carbocycles. The maximum Gasteiger partial charge on any atom is 0.246 e. The lowest BCUT2D eigenvalue weighted by molar-refractivity contribution is 0.287. The maximum atomic E-state index is 13.5. The maximum absolute atomic E-state index is 13.5. The van der Waals surface area contributed by atoms with Gasteiger partial charge in [0.05, 0.1) is 12.8 Å². The van der Waals surface area contributed by atoms with Crippen molar-refractivity contribution in [3.8, 4) is 17.1 Å². The third-order valence-corrected chi connectivity index (χ3v) is 8.15. The normalized spacial score (nSPS) is 16.1. The lowest BCUT2D eigenvalue weighted by Gasteiger charge is -2.29. The highest BCUT2D eigenvalue weighted by Gasteiger charge is 2.31. The number of rotatable bonds is 4. The summed E-state index contributed by atoms with van der Waals surface area (Å²) in [4.78, 5) is 0.140. The van der Waals surface area contributed by atoms with Gasteiger partial charge in [-0.1, -0.05) is 31.2 Å². The molecule has 1 aliphatic heterocycles. The van der Waals surface area contributed by atoms with Crippen LogP contribution in [0.3, 0.4) is 0 Å². The third kappa shape index (κ3) is 3.32. The first-order valence-electron chi connectivity index (χ1n) is 10.7. The third-order valence-electron chi connectivity index (χ3n) is 6.23. The Morgan fingerprint density at radius 3 is 2.47 bits per heavy atom. The van der Waals surface area contributed by atoms with Crippen LogP contribution in [0.25, 0.3) is 27.8 Å². The highest BCUT2D eigenvalue weighted by atomic mass is 32.2. The minimum absolute atomic E-state index is 0.140. The van der Waals surface area contributed by atoms with Crippen LogP contribution in [0.4, 0.5) is 0 Å². The van der Waals surface area contributed by atoms with E-state index in [1.807, 2.05) is 31.2 Å². The predicted molar refractivity (Wildman–Crippen MR) is 122 cm³/mol. The topological polar surface area (TPSA) is 89.7 Å². The van der Waals surface area contributed by atoms with Gasteiger partial charge in [0.1, 0.15) is 10.6 Å². The SMILES string of the molecule is COc1ccc(-c2nnc3c4ccccc4c(C)nn23)cc1S(=O)(=O)N1CCC(C)CC1. The smallest absolute Gasteiger partial charge is 0.246 e. The van der Waals surface area contributed by atoms with E-state index in [0.29, 0.717) is 41.8 Å². The van der Waals surface area contributed by atoms with Gasteiger partial charge in [-0.15, -0.1) is 10.2 Å². The average Bonchev–Trinajstić information content (AvgIpc) is 3.23. The molecule has 0 bridgehead atoms. The summed E-state index contributed by atoms with van der Waals surface area (Å²) in [6.45, 7) is 5.11. The summed E-state index contributed by atoms with van der Waals surface area (Å²) >= 11 is 0. The zero-order valence-corrected chi connectivity index (χ0v) is 19.1. The number of sulfonamides is 1. The Labute approximate surface area is 186 Å². The van der Waals surface area contributed by atoms with Crippen LogP contribution >= 0.6 is 0 Å². The van der Waals surface area contributed by atoms with Crippen LogP contribution in [-0.2, 0) is 10.0 Å². The molecule has 1 aliphatic rings. The second-order valence-electron chi connectivity index (χ2n) is 8.34. The number of benzene rings is 2. The summed E-state index contributed by atoms with van der Waals surface area (Å²) < 4.78 is 35.6. The van der Waals surface area contributed by atoms with Gasteiger partial charge in [-0.3, -0.25) is 0 Å². The van der Waals surface area contributed by atoms with Gasteiger partial charge in [0, 0.05) is 29.4 Å². The van der Waals surface area contributed by atoms with E-state index in [9.17, 15) is 8.42 Å². The second-order valence-corrected chi connectivity index (χ2v) is 10.2. The monoisotopic (exact) mass is 451 g/mol. The van der Waals surface area contributed by atoms with Crippen LogP contribution in [0.5, 0.6) is 5.75 Å². The molecular weight excluding hydrogens is 426 g/mol. The summed E-state index contributed by atoms with van der Waals surface area (Å²) in [5, 5.41) is 15.3. The van der Waals surface area contributed by atoms with Gasteiger partial charge in [-0.25, -0.2) is 8.42 Å². The Bertz CT molecular complexity index is 1420. The highest BCUT2D eigenvalue weighted by molar-refractivity contribution is 7.89. The van der Waals surface area contributed by atoms with Gasteiger partial charge in [0.2, 0.25) is 10.0 Å². The Morgan fingerprint density at radius 2 is 1.75 bits per heavy atom. The molecule has 0 amide bonds. The number of methoxy groups -OCH3 is 1. The molecule has 9 heteroatoms. The number of hydrogen-bond donors (Lipinski definition) is 0. The minimum Gasteiger partial charge on any atom is -0.495 e. The van der Waals surface area contributed by atoms with Gasteiger partial charge in [-0.2, -0.15) is 13.9 Å². The largest absolute Gasteiger partial charge is 0.495 e. The molecule has 1 fully saturated rings. The number of ether oxygens (including phenoxy) is 1. The average molecular weight is 452 g/mol. The van der Waals surface area contributed by atoms with Crippen LogP contribution < -0.4 is 4.74 Å². The number of nitrogens with zero attached hydrogens (tertiary/aromatic N) is 5. The van der Waals surface area contributed by atoms with Crippen LogP contribution in [0.15, 0.2) is 47.4 Å². The number of aryl methyl sites for hydroxylation is 1. The first-order valence-corrected chi connectivity index (χ1v) is 12.1. The van der Waals surface area contributed by atoms with Gasteiger partial charge < -0.3 is 4.74 Å². The Kier molecular flexibility index (Phi) is 5.10. The van der Waals surface area contributed by atoms with E-state index in [4.69, 9.17) is 4.74 Å². The molecule has 32 heavy (non-hydrogen) atoms. The standard InChI is InChI=1S/C23H25N5O3S/c1-15-10-12-27(13-11-15)32(29,30)21-14-17(8-9-20(21)31-3)22-24-25-23-19-7-5-4-6-18(19)16(2)26-28(22)23/h4-9,14-15H,10-13H2,1-3H3. The molecule has 0 N–H and O–H groups in total. The quantitative estimate of drug-likeness (QED) is 0.470. The fourth-order valence-corrected chi connectivity index (χ4v) is 5.95. The van der Waals surface area contributed by atoms with Crippen molar-refractivity contribution in [1.29, 1.82) is 0 Å². The Hall–Kier alpha value is -3.04. The molecule has 1 saturated heterocycles. The van der Waals surface area contributed by atoms with E-state index in [-0.39, 0.29) is 4.90 Å². The second kappa shape index (κ2) is 7.83. The molecule has 3 heterocycles. The summed E-state index contributed by atoms with van der Waals surface area (Å²) in [6.07, 6.45) is 1.71. The van der Waals surface area contributed by atoms with Gasteiger partial charge in [0.15, 0.2) is 11.5 Å². The Balaban J connectivity index is 1.65. The molecule has 8 nitrogen and oxygen atoms in total. The summed E-state index contributed by atoms with van der Waals surface area (Å²) in [5.74, 6) is 1.33. The van der Waals surface area contributed by atoms with E-state index in [1.165, 1.54) is 7.11 Å². The van der Waals surface area contributed by atoms with Crippen molar-refractivity contribution < 1.29 is 13.2 Å². The number of hydrogen-bond acceptors (Lipinski definition) is 6. The molecule has 0 aliphatic carbocycles. The summed E-state index contributed by atoms with van der Waals surface area (Å²) in [6, 6.07) is 13.0. The van der Waals surface area contributed by atoms with Crippen LogP contribution in [0.2, 0.25) is 0 Å². The minimum atomic E-state index is -3.71. The van der Waals surface area contributed by atoms with Crippen LogP contribution in [-0.4, -0.2) is 52.7 Å². The lowest BCUT2D eigenvalue weighted by Crippen LogP contribution is -2.38. The molecule has 4 aromatic rings. The van der Waals surface area contributed by atoms with Crippen molar-refractivity contribution >= 4 is 26.4 Å². The zero-order chi connectivity index (χ0) is 22.5. The van der Waals surface area contributed by atoms with E-state index in [0.717, 1.165) is 29.3 Å². The fraction of sp³-hybridized carbons (Fsp3) is 0.348. The van der Waals surface area contributed by atoms with E-state index in [1.54, 1.807) is 27.0 Å². The van der Waals surface area contributed by atoms with Crippen molar-refractivity contribution in [1.82, 2.24) is 24.1 Å². The molecular formula is C23H25N5O3S. The molecule has 166 valence electrons. The molecule has 0 atom stereocenters. The zero-order valence-electron chi connectivity index (χ0n) is 18.3. The van der Waals surface area contributed by atoms with E-state index < -0.39 is 10.0 Å². The van der Waals surface area contributed by atoms with Crippen molar-refractivity contribution in [3.05, 3.63) is 48.2 Å². The first kappa shape index (κ1) is 20.8. The highest BCUT2D eigenvalue weighted by Crippen LogP contribution is 2.33. The molecule has 0 radical (unpaired) electrons. The molecule has 0 unspecified atom stereocenters. The molecule has 2 aromatic heterocycles. The molecule has 5 rings (SSSR count). The summed E-state index contributed by atoms with van der Waals surface area (Å²) in [5.41, 5.74) is 2.09.